The van der Waals surface area contributed by atoms with E-state index in [2.05, 4.69) is 25.8 Å². The monoisotopic (exact) mass is 975 g/mol. The van der Waals surface area contributed by atoms with Crippen LogP contribution in [0.3, 0.4) is 0 Å². The number of fused-ring (bicyclic) bond motifs is 1. The second-order valence-electron chi connectivity index (χ2n) is 19.3. The molecule has 372 valence electrons. The molecule has 0 spiro atoms. The first-order valence-electron chi connectivity index (χ1n) is 21.7. The highest BCUT2D eigenvalue weighted by atomic mass is 19.4. The molecular weight excluding hydrogens is 925 g/mol. The SMILES string of the molecule is CC(C)(C)OC(=O)NC1CC(N2CC3=C(CN=C3)C2)C(C(F)(F)F)OC1c1cc(F)ccc1F.CC(C)(C)OC(=O)NC1CC(N2Cc3cn[nH]c3C2)C(C(F)(F)F)OC1c1cc(F)ccc1F. The van der Waals surface area contributed by atoms with E-state index < -0.39 is 119 Å². The maximum absolute atomic E-state index is 14.6. The second-order valence-corrected chi connectivity index (χ2v) is 19.3. The molecule has 1 aromatic heterocycles. The van der Waals surface area contributed by atoms with Crippen LogP contribution < -0.4 is 10.6 Å². The standard InChI is InChI=1S/C23H26F5N3O3.C22H25F5N4O3/c1-22(2,3)34-21(32)30-17-7-18(31-10-12-8-29-9-13(12)11-31)20(23(26,27)28)33-19(17)15-6-14(24)4-5-16(15)25;1-21(2,3)34-20(32)29-15-7-17(31-9-11-8-28-30-16(11)10-31)19(22(25,26)27)33-18(15)13-6-12(23)4-5-14(13)24/h4-6,8,17-20H,7,9-11H2,1-3H3,(H,30,32);4-6,8,15,17-19H,7,9-10H2,1-3H3,(H,28,30)(H,29,32). The zero-order valence-corrected chi connectivity index (χ0v) is 37.7. The molecule has 2 fully saturated rings. The van der Waals surface area contributed by atoms with Gasteiger partial charge in [0.05, 0.1) is 30.5 Å². The summed E-state index contributed by atoms with van der Waals surface area (Å²) in [5, 5.41) is 11.7. The number of aromatic nitrogens is 2. The number of carbonyl (C=O) groups is 2. The van der Waals surface area contributed by atoms with Gasteiger partial charge in [-0.25, -0.2) is 27.2 Å². The summed E-state index contributed by atoms with van der Waals surface area (Å²) in [6.45, 7) is 11.1. The Morgan fingerprint density at radius 1 is 0.691 bits per heavy atom. The summed E-state index contributed by atoms with van der Waals surface area (Å²) >= 11 is 0. The molecule has 0 saturated carbocycles. The third-order valence-corrected chi connectivity index (χ3v) is 11.8. The number of rotatable bonds is 6. The van der Waals surface area contributed by atoms with Gasteiger partial charge in [0.15, 0.2) is 12.2 Å². The lowest BCUT2D eigenvalue weighted by atomic mass is 9.88. The zero-order chi connectivity index (χ0) is 49.7. The Morgan fingerprint density at radius 3 is 1.59 bits per heavy atom. The largest absolute Gasteiger partial charge is 0.444 e. The number of hydrogen-bond acceptors (Lipinski definition) is 10. The number of carbonyl (C=O) groups excluding carboxylic acids is 2. The molecule has 2 aromatic carbocycles. The quantitative estimate of drug-likeness (QED) is 0.207. The molecule has 0 bridgehead atoms. The summed E-state index contributed by atoms with van der Waals surface area (Å²) in [7, 11) is 0. The summed E-state index contributed by atoms with van der Waals surface area (Å²) < 4.78 is 163. The summed E-state index contributed by atoms with van der Waals surface area (Å²) in [6.07, 6.45) is -16.3. The Bertz CT molecular complexity index is 2380. The molecule has 6 heterocycles. The van der Waals surface area contributed by atoms with Crippen LogP contribution in [0.4, 0.5) is 53.5 Å². The topological polar surface area (TPSA) is 143 Å². The molecule has 2 amide bonds. The van der Waals surface area contributed by atoms with Crippen molar-refractivity contribution < 1.29 is 72.4 Å². The number of amides is 2. The van der Waals surface area contributed by atoms with Gasteiger partial charge in [0.1, 0.15) is 46.7 Å². The fourth-order valence-electron chi connectivity index (χ4n) is 9.05. The molecule has 0 aliphatic carbocycles. The van der Waals surface area contributed by atoms with Crippen LogP contribution in [0.5, 0.6) is 0 Å². The van der Waals surface area contributed by atoms with E-state index in [1.807, 2.05) is 0 Å². The van der Waals surface area contributed by atoms with Crippen molar-refractivity contribution in [2.45, 2.75) is 140 Å². The van der Waals surface area contributed by atoms with Crippen LogP contribution in [0.1, 0.15) is 89.0 Å². The van der Waals surface area contributed by atoms with Crippen molar-refractivity contribution in [3.63, 3.8) is 0 Å². The first kappa shape index (κ1) is 50.6. The van der Waals surface area contributed by atoms with Gasteiger partial charge in [0, 0.05) is 61.2 Å². The number of H-pyrrole nitrogens is 1. The van der Waals surface area contributed by atoms with Crippen molar-refractivity contribution in [2.24, 2.45) is 4.99 Å². The van der Waals surface area contributed by atoms with Crippen LogP contribution >= 0.6 is 0 Å². The number of ether oxygens (including phenoxy) is 4. The smallest absolute Gasteiger partial charge is 0.416 e. The van der Waals surface area contributed by atoms with Crippen LogP contribution in [0.25, 0.3) is 0 Å². The van der Waals surface area contributed by atoms with E-state index in [-0.39, 0.29) is 39.0 Å². The highest BCUT2D eigenvalue weighted by Gasteiger charge is 2.57. The van der Waals surface area contributed by atoms with E-state index >= 15 is 0 Å². The fourth-order valence-corrected chi connectivity index (χ4v) is 9.05. The minimum absolute atomic E-state index is 0.175. The lowest BCUT2D eigenvalue weighted by Crippen LogP contribution is -2.60. The number of alkyl halides is 6. The van der Waals surface area contributed by atoms with E-state index in [1.54, 1.807) is 63.8 Å². The van der Waals surface area contributed by atoms with E-state index in [9.17, 15) is 53.5 Å². The molecule has 68 heavy (non-hydrogen) atoms. The first-order valence-corrected chi connectivity index (χ1v) is 21.7. The van der Waals surface area contributed by atoms with Crippen LogP contribution in [-0.2, 0) is 32.0 Å². The molecule has 23 heteroatoms. The molecule has 0 radical (unpaired) electrons. The summed E-state index contributed by atoms with van der Waals surface area (Å²) in [5.74, 6) is -3.54. The van der Waals surface area contributed by atoms with Crippen LogP contribution in [0.15, 0.2) is 58.7 Å². The molecule has 13 nitrogen and oxygen atoms in total. The van der Waals surface area contributed by atoms with Gasteiger partial charge in [-0.1, -0.05) is 0 Å². The molecule has 8 rings (SSSR count). The lowest BCUT2D eigenvalue weighted by Gasteiger charge is -2.46. The Labute approximate surface area is 384 Å². The Morgan fingerprint density at radius 2 is 1.16 bits per heavy atom. The van der Waals surface area contributed by atoms with Crippen LogP contribution in [0, 0.1) is 23.3 Å². The zero-order valence-electron chi connectivity index (χ0n) is 37.7. The number of nitrogens with zero attached hydrogens (tertiary/aromatic N) is 4. The predicted molar refractivity (Wildman–Crippen MR) is 223 cm³/mol. The number of hydrogen-bond donors (Lipinski definition) is 3. The Hall–Kier alpha value is -5.26. The first-order chi connectivity index (χ1) is 31.6. The van der Waals surface area contributed by atoms with Gasteiger partial charge in [0.2, 0.25) is 0 Å². The molecule has 5 aliphatic heterocycles. The minimum atomic E-state index is -4.79. The number of aliphatic imine (C=N–C) groups is 1. The number of alkyl carbamates (subject to hydrolysis) is 2. The predicted octanol–water partition coefficient (Wildman–Crippen LogP) is 8.67. The number of aromatic amines is 1. The molecule has 2 saturated heterocycles. The van der Waals surface area contributed by atoms with Crippen molar-refractivity contribution in [3.05, 3.63) is 99.4 Å². The number of halogens is 10. The van der Waals surface area contributed by atoms with E-state index in [4.69, 9.17) is 18.9 Å². The third-order valence-electron chi connectivity index (χ3n) is 11.8. The van der Waals surface area contributed by atoms with Crippen molar-refractivity contribution in [1.29, 1.82) is 0 Å². The fraction of sp³-hybridized carbons (Fsp3) is 0.556. The normalized spacial score (nSPS) is 26.8. The summed E-state index contributed by atoms with van der Waals surface area (Å²) in [5.41, 5.74) is 0.704. The van der Waals surface area contributed by atoms with E-state index in [1.165, 1.54) is 0 Å². The second kappa shape index (κ2) is 19.3. The third kappa shape index (κ3) is 11.9. The van der Waals surface area contributed by atoms with E-state index in [0.717, 1.165) is 53.1 Å². The lowest BCUT2D eigenvalue weighted by molar-refractivity contribution is -0.270. The van der Waals surface area contributed by atoms with Crippen molar-refractivity contribution in [2.75, 3.05) is 19.6 Å². The average Bonchev–Trinajstić information content (AvgIpc) is 4.01. The summed E-state index contributed by atoms with van der Waals surface area (Å²) in [4.78, 5) is 32.3. The van der Waals surface area contributed by atoms with Crippen LogP contribution in [-0.4, -0.2) is 118 Å². The van der Waals surface area contributed by atoms with Crippen molar-refractivity contribution in [1.82, 2.24) is 30.6 Å². The van der Waals surface area contributed by atoms with Gasteiger partial charge in [0.25, 0.3) is 0 Å². The highest BCUT2D eigenvalue weighted by Crippen LogP contribution is 2.45. The molecule has 8 atom stereocenters. The molecule has 8 unspecified atom stereocenters. The number of benzene rings is 2. The van der Waals surface area contributed by atoms with Gasteiger partial charge >= 0.3 is 24.5 Å². The Kier molecular flexibility index (Phi) is 14.3. The van der Waals surface area contributed by atoms with E-state index in [0.29, 0.717) is 12.2 Å². The maximum Gasteiger partial charge on any atom is 0.416 e. The van der Waals surface area contributed by atoms with Gasteiger partial charge in [-0.05, 0) is 102 Å². The molecule has 3 aromatic rings. The molecule has 3 N–H and O–H groups in total. The number of nitrogens with one attached hydrogen (secondary N) is 3. The van der Waals surface area contributed by atoms with Gasteiger partial charge in [-0.3, -0.25) is 19.9 Å². The Balaban J connectivity index is 0.000000201. The molecule has 5 aliphatic rings. The van der Waals surface area contributed by atoms with Crippen molar-refractivity contribution >= 4 is 18.4 Å². The highest BCUT2D eigenvalue weighted by molar-refractivity contribution is 5.84. The summed E-state index contributed by atoms with van der Waals surface area (Å²) in [6, 6.07) is 0.346. The van der Waals surface area contributed by atoms with Gasteiger partial charge in [-0.2, -0.15) is 31.4 Å². The molecular formula is C45H51F10N7O6. The van der Waals surface area contributed by atoms with Crippen LogP contribution in [0.2, 0.25) is 0 Å². The van der Waals surface area contributed by atoms with Gasteiger partial charge in [-0.15, -0.1) is 0 Å². The average molecular weight is 976 g/mol. The van der Waals surface area contributed by atoms with Gasteiger partial charge < -0.3 is 29.6 Å². The van der Waals surface area contributed by atoms with Crippen molar-refractivity contribution in [3.8, 4) is 0 Å². The minimum Gasteiger partial charge on any atom is -0.444 e. The maximum atomic E-state index is 14.6.